The average molecular weight is 371 g/mol. The molecule has 0 saturated carbocycles. The molecule has 0 radical (unpaired) electrons. The van der Waals surface area contributed by atoms with E-state index in [1.807, 2.05) is 23.9 Å². The van der Waals surface area contributed by atoms with Crippen molar-refractivity contribution in [1.82, 2.24) is 14.9 Å². The van der Waals surface area contributed by atoms with Gasteiger partial charge in [-0.05, 0) is 38.6 Å². The van der Waals surface area contributed by atoms with Crippen LogP contribution in [0.2, 0.25) is 0 Å². The molecule has 0 bridgehead atoms. The van der Waals surface area contributed by atoms with Crippen LogP contribution in [0, 0.1) is 0 Å². The molecule has 1 aromatic carbocycles. The van der Waals surface area contributed by atoms with Crippen molar-refractivity contribution in [2.24, 2.45) is 4.99 Å². The minimum atomic E-state index is -3.39. The highest BCUT2D eigenvalue weighted by atomic mass is 32.2. The summed E-state index contributed by atoms with van der Waals surface area (Å²) < 4.78 is 26.0. The van der Waals surface area contributed by atoms with Crippen molar-refractivity contribution in [3.63, 3.8) is 0 Å². The van der Waals surface area contributed by atoms with Gasteiger partial charge >= 0.3 is 0 Å². The van der Waals surface area contributed by atoms with Gasteiger partial charge in [0, 0.05) is 37.2 Å². The van der Waals surface area contributed by atoms with E-state index in [1.165, 1.54) is 7.05 Å². The molecule has 1 aliphatic heterocycles. The van der Waals surface area contributed by atoms with Gasteiger partial charge in [-0.3, -0.25) is 4.99 Å². The van der Waals surface area contributed by atoms with E-state index in [2.05, 4.69) is 33.8 Å². The standard InChI is InChI=1S/C16H26N4O2S2/c1-16(2)12-20(9-10-23-16)15(17-3)19-11-13-5-7-14(8-6-13)24(21,22)18-4/h5-8,18H,9-12H2,1-4H3,(H,17,19). The predicted molar refractivity (Wildman–Crippen MR) is 101 cm³/mol. The molecule has 1 heterocycles. The highest BCUT2D eigenvalue weighted by Crippen LogP contribution is 2.29. The van der Waals surface area contributed by atoms with Gasteiger partial charge in [0.05, 0.1) is 4.90 Å². The maximum absolute atomic E-state index is 11.7. The Labute approximate surface area is 149 Å². The molecule has 134 valence electrons. The summed E-state index contributed by atoms with van der Waals surface area (Å²) in [5.41, 5.74) is 1.01. The lowest BCUT2D eigenvalue weighted by molar-refractivity contribution is 0.375. The first-order valence-electron chi connectivity index (χ1n) is 7.89. The van der Waals surface area contributed by atoms with Gasteiger partial charge in [-0.15, -0.1) is 0 Å². The van der Waals surface area contributed by atoms with Crippen molar-refractivity contribution < 1.29 is 8.42 Å². The summed E-state index contributed by atoms with van der Waals surface area (Å²) in [7, 11) is -0.184. The van der Waals surface area contributed by atoms with Crippen molar-refractivity contribution in [2.75, 3.05) is 32.9 Å². The smallest absolute Gasteiger partial charge is 0.240 e. The summed E-state index contributed by atoms with van der Waals surface area (Å²) in [5, 5.41) is 3.37. The summed E-state index contributed by atoms with van der Waals surface area (Å²) in [4.78, 5) is 6.92. The van der Waals surface area contributed by atoms with Crippen LogP contribution >= 0.6 is 11.8 Å². The van der Waals surface area contributed by atoms with Crippen LogP contribution in [0.5, 0.6) is 0 Å². The Hall–Kier alpha value is -1.25. The zero-order chi connectivity index (χ0) is 17.8. The van der Waals surface area contributed by atoms with Gasteiger partial charge < -0.3 is 10.2 Å². The first-order chi connectivity index (χ1) is 11.3. The quantitative estimate of drug-likeness (QED) is 0.621. The second-order valence-electron chi connectivity index (χ2n) is 6.28. The van der Waals surface area contributed by atoms with E-state index >= 15 is 0 Å². The van der Waals surface area contributed by atoms with Gasteiger partial charge in [0.25, 0.3) is 0 Å². The number of aliphatic imine (C=N–C) groups is 1. The number of rotatable bonds is 4. The third-order valence-corrected chi connectivity index (χ3v) is 6.62. The fourth-order valence-corrected chi connectivity index (χ4v) is 4.46. The monoisotopic (exact) mass is 370 g/mol. The van der Waals surface area contributed by atoms with E-state index in [4.69, 9.17) is 0 Å². The van der Waals surface area contributed by atoms with E-state index in [1.54, 1.807) is 19.2 Å². The number of sulfonamides is 1. The minimum Gasteiger partial charge on any atom is -0.352 e. The van der Waals surface area contributed by atoms with Gasteiger partial charge in [0.2, 0.25) is 10.0 Å². The SMILES string of the molecule is CN=C(NCc1ccc(S(=O)(=O)NC)cc1)N1CCSC(C)(C)C1. The first-order valence-corrected chi connectivity index (χ1v) is 10.4. The Morgan fingerprint density at radius 1 is 1.33 bits per heavy atom. The highest BCUT2D eigenvalue weighted by Gasteiger charge is 2.28. The maximum Gasteiger partial charge on any atom is 0.240 e. The van der Waals surface area contributed by atoms with Gasteiger partial charge in [-0.2, -0.15) is 11.8 Å². The molecule has 0 atom stereocenters. The number of hydrogen-bond acceptors (Lipinski definition) is 4. The molecule has 6 nitrogen and oxygen atoms in total. The molecule has 8 heteroatoms. The van der Waals surface area contributed by atoms with Crippen LogP contribution in [0.25, 0.3) is 0 Å². The topological polar surface area (TPSA) is 73.8 Å². The molecule has 0 unspecified atom stereocenters. The first kappa shape index (κ1) is 19.1. The van der Waals surface area contributed by atoms with Gasteiger partial charge in [-0.25, -0.2) is 13.1 Å². The zero-order valence-electron chi connectivity index (χ0n) is 14.7. The molecule has 0 aliphatic carbocycles. The van der Waals surface area contributed by atoms with Crippen LogP contribution < -0.4 is 10.0 Å². The van der Waals surface area contributed by atoms with E-state index in [9.17, 15) is 8.42 Å². The Morgan fingerprint density at radius 2 is 2.00 bits per heavy atom. The molecule has 24 heavy (non-hydrogen) atoms. The Kier molecular flexibility index (Phi) is 6.17. The van der Waals surface area contributed by atoms with Gasteiger partial charge in [0.15, 0.2) is 5.96 Å². The summed E-state index contributed by atoms with van der Waals surface area (Å²) >= 11 is 1.99. The minimum absolute atomic E-state index is 0.221. The molecule has 2 N–H and O–H groups in total. The van der Waals surface area contributed by atoms with Gasteiger partial charge in [0.1, 0.15) is 0 Å². The third-order valence-electron chi connectivity index (χ3n) is 3.89. The van der Waals surface area contributed by atoms with Crippen molar-refractivity contribution >= 4 is 27.7 Å². The van der Waals surface area contributed by atoms with E-state index in [-0.39, 0.29) is 9.64 Å². The molecule has 2 rings (SSSR count). The lowest BCUT2D eigenvalue weighted by atomic mass is 10.2. The van der Waals surface area contributed by atoms with Crippen LogP contribution in [0.15, 0.2) is 34.2 Å². The summed E-state index contributed by atoms with van der Waals surface area (Å²) in [6, 6.07) is 6.87. The summed E-state index contributed by atoms with van der Waals surface area (Å²) in [6.07, 6.45) is 0. The summed E-state index contributed by atoms with van der Waals surface area (Å²) in [6.45, 7) is 7.04. The number of nitrogens with zero attached hydrogens (tertiary/aromatic N) is 2. The van der Waals surface area contributed by atoms with Crippen LogP contribution in [0.1, 0.15) is 19.4 Å². The molecule has 0 spiro atoms. The number of benzene rings is 1. The van der Waals surface area contributed by atoms with Crippen LogP contribution in [-0.2, 0) is 16.6 Å². The lowest BCUT2D eigenvalue weighted by Crippen LogP contribution is -2.50. The van der Waals surface area contributed by atoms with Crippen molar-refractivity contribution in [2.45, 2.75) is 30.0 Å². The van der Waals surface area contributed by atoms with Crippen molar-refractivity contribution in [3.8, 4) is 0 Å². The molecule has 0 aromatic heterocycles. The fourth-order valence-electron chi connectivity index (χ4n) is 2.61. The predicted octanol–water partition coefficient (Wildman–Crippen LogP) is 1.50. The van der Waals surface area contributed by atoms with E-state index in [0.29, 0.717) is 6.54 Å². The second kappa shape index (κ2) is 7.76. The maximum atomic E-state index is 11.7. The van der Waals surface area contributed by atoms with Crippen LogP contribution in [0.3, 0.4) is 0 Å². The number of thioether (sulfide) groups is 1. The number of nitrogens with one attached hydrogen (secondary N) is 2. The van der Waals surface area contributed by atoms with Gasteiger partial charge in [-0.1, -0.05) is 12.1 Å². The highest BCUT2D eigenvalue weighted by molar-refractivity contribution is 8.00. The summed E-state index contributed by atoms with van der Waals surface area (Å²) in [5.74, 6) is 1.97. The zero-order valence-corrected chi connectivity index (χ0v) is 16.3. The lowest BCUT2D eigenvalue weighted by Gasteiger charge is -2.39. The largest absolute Gasteiger partial charge is 0.352 e. The molecule has 1 aliphatic rings. The van der Waals surface area contributed by atoms with E-state index < -0.39 is 10.0 Å². The Bertz CT molecular complexity index is 685. The second-order valence-corrected chi connectivity index (χ2v) is 9.97. The van der Waals surface area contributed by atoms with Crippen LogP contribution in [-0.4, -0.2) is 57.0 Å². The molecular weight excluding hydrogens is 344 g/mol. The molecule has 1 saturated heterocycles. The van der Waals surface area contributed by atoms with Crippen LogP contribution in [0.4, 0.5) is 0 Å². The fraction of sp³-hybridized carbons (Fsp3) is 0.562. The third kappa shape index (κ3) is 4.87. The normalized spacial score (nSPS) is 18.5. The molecular formula is C16H26N4O2S2. The van der Waals surface area contributed by atoms with Crippen molar-refractivity contribution in [1.29, 1.82) is 0 Å². The van der Waals surface area contributed by atoms with Crippen molar-refractivity contribution in [3.05, 3.63) is 29.8 Å². The average Bonchev–Trinajstić information content (AvgIpc) is 2.55. The number of hydrogen-bond donors (Lipinski definition) is 2. The molecule has 0 amide bonds. The number of guanidine groups is 1. The van der Waals surface area contributed by atoms with E-state index in [0.717, 1.165) is 30.4 Å². The Balaban J connectivity index is 1.99. The molecule has 1 aromatic rings. The Morgan fingerprint density at radius 3 is 2.54 bits per heavy atom. The molecule has 1 fully saturated rings.